The van der Waals surface area contributed by atoms with Crippen LogP contribution in [0.3, 0.4) is 0 Å². The molecule has 0 radical (unpaired) electrons. The molecule has 0 aromatic carbocycles. The quantitative estimate of drug-likeness (QED) is 0.0344. The number of rotatable bonds is 50. The molecule has 2 atom stereocenters. The van der Waals surface area contributed by atoms with Crippen LogP contribution in [0.15, 0.2) is 0 Å². The third-order valence-electron chi connectivity index (χ3n) is 13.3. The first-order valence-electron chi connectivity index (χ1n) is 28.1. The minimum atomic E-state index is -0.763. The predicted octanol–water partition coefficient (Wildman–Crippen LogP) is 18.3. The van der Waals surface area contributed by atoms with E-state index in [1.807, 2.05) is 0 Å². The second-order valence-electron chi connectivity index (χ2n) is 20.8. The summed E-state index contributed by atoms with van der Waals surface area (Å²) in [5.41, 5.74) is 0. The number of hydrogen-bond donors (Lipinski definition) is 0. The Morgan fingerprint density at radius 2 is 0.556 bits per heavy atom. The minimum absolute atomic E-state index is 0.0647. The van der Waals surface area contributed by atoms with E-state index in [1.54, 1.807) is 0 Å². The molecule has 6 nitrogen and oxygen atoms in total. The fourth-order valence-electron chi connectivity index (χ4n) is 8.61. The van der Waals surface area contributed by atoms with Gasteiger partial charge in [-0.25, -0.2) is 0 Å². The first-order valence-corrected chi connectivity index (χ1v) is 28.1. The van der Waals surface area contributed by atoms with Gasteiger partial charge in [-0.05, 0) is 37.0 Å². The Balaban J connectivity index is 4.20. The predicted molar refractivity (Wildman–Crippen MR) is 270 cm³/mol. The van der Waals surface area contributed by atoms with Crippen LogP contribution < -0.4 is 0 Å². The molecule has 0 N–H and O–H groups in total. The molecule has 0 saturated heterocycles. The first kappa shape index (κ1) is 61.4. The van der Waals surface area contributed by atoms with Crippen LogP contribution in [0.25, 0.3) is 0 Å². The van der Waals surface area contributed by atoms with Crippen molar-refractivity contribution in [3.05, 3.63) is 0 Å². The minimum Gasteiger partial charge on any atom is -0.462 e. The van der Waals surface area contributed by atoms with Crippen LogP contribution in [-0.2, 0) is 28.6 Å². The van der Waals surface area contributed by atoms with E-state index in [-0.39, 0.29) is 31.1 Å². The van der Waals surface area contributed by atoms with Gasteiger partial charge in [-0.15, -0.1) is 0 Å². The Hall–Kier alpha value is -1.59. The van der Waals surface area contributed by atoms with E-state index in [0.717, 1.165) is 75.5 Å². The van der Waals surface area contributed by atoms with E-state index < -0.39 is 6.10 Å². The molecule has 0 bridgehead atoms. The molecule has 0 aliphatic heterocycles. The van der Waals surface area contributed by atoms with E-state index in [1.165, 1.54) is 193 Å². The summed E-state index contributed by atoms with van der Waals surface area (Å²) in [5.74, 6) is 1.66. The Morgan fingerprint density at radius 1 is 0.317 bits per heavy atom. The van der Waals surface area contributed by atoms with E-state index in [2.05, 4.69) is 41.5 Å². The van der Waals surface area contributed by atoms with Crippen molar-refractivity contribution < 1.29 is 28.6 Å². The van der Waals surface area contributed by atoms with Crippen LogP contribution >= 0.6 is 0 Å². The zero-order chi connectivity index (χ0) is 46.3. The van der Waals surface area contributed by atoms with Gasteiger partial charge >= 0.3 is 17.9 Å². The molecule has 0 aliphatic carbocycles. The van der Waals surface area contributed by atoms with Gasteiger partial charge in [0.25, 0.3) is 0 Å². The summed E-state index contributed by atoms with van der Waals surface area (Å²) < 4.78 is 16.8. The second-order valence-corrected chi connectivity index (χ2v) is 20.8. The van der Waals surface area contributed by atoms with Crippen LogP contribution in [-0.4, -0.2) is 37.2 Å². The summed E-state index contributed by atoms with van der Waals surface area (Å²) in [6.45, 7) is 13.7. The van der Waals surface area contributed by atoms with Crippen molar-refractivity contribution in [2.24, 2.45) is 17.8 Å². The van der Waals surface area contributed by atoms with Crippen LogP contribution in [0.4, 0.5) is 0 Å². The van der Waals surface area contributed by atoms with Gasteiger partial charge in [0.05, 0.1) is 0 Å². The molecule has 0 spiro atoms. The maximum atomic E-state index is 12.8. The Morgan fingerprint density at radius 3 is 0.825 bits per heavy atom. The molecule has 0 aromatic rings. The summed E-state index contributed by atoms with van der Waals surface area (Å²) >= 11 is 0. The van der Waals surface area contributed by atoms with E-state index in [9.17, 15) is 14.4 Å². The lowest BCUT2D eigenvalue weighted by molar-refractivity contribution is -0.167. The van der Waals surface area contributed by atoms with Crippen molar-refractivity contribution in [1.29, 1.82) is 0 Å². The van der Waals surface area contributed by atoms with Crippen molar-refractivity contribution in [3.8, 4) is 0 Å². The molecule has 0 amide bonds. The molecule has 0 aromatic heterocycles. The zero-order valence-corrected chi connectivity index (χ0v) is 43.4. The Bertz CT molecular complexity index is 978. The molecule has 0 fully saturated rings. The van der Waals surface area contributed by atoms with E-state index in [4.69, 9.17) is 14.2 Å². The molecule has 0 aliphatic rings. The number of carbonyl (C=O) groups excluding carboxylic acids is 3. The van der Waals surface area contributed by atoms with Crippen molar-refractivity contribution in [2.45, 2.75) is 317 Å². The first-order chi connectivity index (χ1) is 30.6. The van der Waals surface area contributed by atoms with Crippen molar-refractivity contribution in [2.75, 3.05) is 13.2 Å². The molecule has 63 heavy (non-hydrogen) atoms. The molecular weight excluding hydrogens is 781 g/mol. The van der Waals surface area contributed by atoms with Crippen LogP contribution in [0.5, 0.6) is 0 Å². The highest BCUT2D eigenvalue weighted by molar-refractivity contribution is 5.71. The lowest BCUT2D eigenvalue weighted by Crippen LogP contribution is -2.30. The van der Waals surface area contributed by atoms with Crippen LogP contribution in [0.2, 0.25) is 0 Å². The lowest BCUT2D eigenvalue weighted by Gasteiger charge is -2.18. The average molecular weight is 892 g/mol. The maximum absolute atomic E-state index is 12.8. The topological polar surface area (TPSA) is 78.9 Å². The van der Waals surface area contributed by atoms with Gasteiger partial charge < -0.3 is 14.2 Å². The Labute approximate surface area is 393 Å². The van der Waals surface area contributed by atoms with Crippen molar-refractivity contribution in [1.82, 2.24) is 0 Å². The SMILES string of the molecule is CCC(C)CCCCCCCCCCCCC(=O)OC[C@@H](COC(=O)CCCCCCCCCCCCCCCCCCCCC(C)C)OC(=O)CCCCCCCCCC(C)C. The standard InChI is InChI=1S/C57H110O6/c1-7-53(6)45-39-33-27-21-18-19-23-29-35-41-47-56(59)62-50-54(63-57(60)48-42-36-30-24-26-32-38-44-52(4)5)49-61-55(58)46-40-34-28-22-17-15-13-11-9-8-10-12-14-16-20-25-31-37-43-51(2)3/h51-54H,7-50H2,1-6H3/t53?,54-/m1/s1. The second kappa shape index (κ2) is 48.3. The van der Waals surface area contributed by atoms with Crippen molar-refractivity contribution in [3.63, 3.8) is 0 Å². The molecule has 374 valence electrons. The summed E-state index contributed by atoms with van der Waals surface area (Å²) in [6.07, 6.45) is 49.6. The highest BCUT2D eigenvalue weighted by atomic mass is 16.6. The normalized spacial score (nSPS) is 12.6. The summed E-state index contributed by atoms with van der Waals surface area (Å²) in [5, 5.41) is 0. The van der Waals surface area contributed by atoms with Gasteiger partial charge in [0.2, 0.25) is 0 Å². The van der Waals surface area contributed by atoms with Gasteiger partial charge in [-0.2, -0.15) is 0 Å². The largest absolute Gasteiger partial charge is 0.462 e. The summed E-state index contributed by atoms with van der Waals surface area (Å²) in [4.78, 5) is 38.0. The summed E-state index contributed by atoms with van der Waals surface area (Å²) in [7, 11) is 0. The number of ether oxygens (including phenoxy) is 3. The fourth-order valence-corrected chi connectivity index (χ4v) is 8.61. The van der Waals surface area contributed by atoms with E-state index >= 15 is 0 Å². The van der Waals surface area contributed by atoms with E-state index in [0.29, 0.717) is 19.3 Å². The monoisotopic (exact) mass is 891 g/mol. The summed E-state index contributed by atoms with van der Waals surface area (Å²) in [6, 6.07) is 0. The van der Waals surface area contributed by atoms with Crippen molar-refractivity contribution >= 4 is 17.9 Å². The van der Waals surface area contributed by atoms with Gasteiger partial charge in [-0.1, -0.05) is 273 Å². The maximum Gasteiger partial charge on any atom is 0.306 e. The van der Waals surface area contributed by atoms with Gasteiger partial charge in [0, 0.05) is 19.3 Å². The third kappa shape index (κ3) is 49.7. The number of unbranched alkanes of at least 4 members (excludes halogenated alkanes) is 32. The molecule has 0 rings (SSSR count). The molecule has 6 heteroatoms. The molecule has 1 unspecified atom stereocenters. The van der Waals surface area contributed by atoms with Crippen LogP contribution in [0, 0.1) is 17.8 Å². The molecular formula is C57H110O6. The highest BCUT2D eigenvalue weighted by Crippen LogP contribution is 2.18. The van der Waals surface area contributed by atoms with Gasteiger partial charge in [0.15, 0.2) is 6.10 Å². The number of esters is 3. The molecule has 0 saturated carbocycles. The fraction of sp³-hybridized carbons (Fsp3) is 0.947. The third-order valence-corrected chi connectivity index (χ3v) is 13.3. The van der Waals surface area contributed by atoms with Gasteiger partial charge in [-0.3, -0.25) is 14.4 Å². The lowest BCUT2D eigenvalue weighted by atomic mass is 9.99. The highest BCUT2D eigenvalue weighted by Gasteiger charge is 2.19. The molecule has 0 heterocycles. The Kier molecular flexibility index (Phi) is 47.1. The average Bonchev–Trinajstić information content (AvgIpc) is 3.25. The number of hydrogen-bond acceptors (Lipinski definition) is 6. The smallest absolute Gasteiger partial charge is 0.306 e. The van der Waals surface area contributed by atoms with Crippen LogP contribution in [0.1, 0.15) is 311 Å². The number of carbonyl (C=O) groups is 3. The van der Waals surface area contributed by atoms with Gasteiger partial charge in [0.1, 0.15) is 13.2 Å². The zero-order valence-electron chi connectivity index (χ0n) is 43.4.